The summed E-state index contributed by atoms with van der Waals surface area (Å²) in [6.07, 6.45) is -1.42. The fourth-order valence-electron chi connectivity index (χ4n) is 3.16. The van der Waals surface area contributed by atoms with E-state index >= 15 is 0 Å². The van der Waals surface area contributed by atoms with E-state index in [1.807, 2.05) is 0 Å². The molecule has 0 spiro atoms. The normalized spacial score (nSPS) is 19.0. The van der Waals surface area contributed by atoms with Gasteiger partial charge in [-0.15, -0.1) is 0 Å². The van der Waals surface area contributed by atoms with Gasteiger partial charge in [-0.25, -0.2) is 0 Å². The van der Waals surface area contributed by atoms with Crippen LogP contribution in [0.1, 0.15) is 36.8 Å². The first-order chi connectivity index (χ1) is 10.9. The van der Waals surface area contributed by atoms with E-state index in [0.29, 0.717) is 31.5 Å². The predicted molar refractivity (Wildman–Crippen MR) is 80.8 cm³/mol. The van der Waals surface area contributed by atoms with Crippen LogP contribution in [-0.2, 0) is 17.4 Å². The van der Waals surface area contributed by atoms with E-state index < -0.39 is 11.7 Å². The lowest BCUT2D eigenvalue weighted by molar-refractivity contribution is -0.138. The van der Waals surface area contributed by atoms with Gasteiger partial charge in [0.1, 0.15) is 0 Å². The van der Waals surface area contributed by atoms with Crippen molar-refractivity contribution < 1.29 is 23.1 Å². The summed E-state index contributed by atoms with van der Waals surface area (Å²) in [5, 5.41) is 8.84. The second kappa shape index (κ2) is 7.81. The van der Waals surface area contributed by atoms with Gasteiger partial charge in [0.05, 0.1) is 12.2 Å². The largest absolute Gasteiger partial charge is 0.416 e. The Kier molecular flexibility index (Phi) is 6.04. The third-order valence-electron chi connectivity index (χ3n) is 4.34. The van der Waals surface area contributed by atoms with Crippen LogP contribution in [0.2, 0.25) is 0 Å². The van der Waals surface area contributed by atoms with E-state index in [-0.39, 0.29) is 24.9 Å². The molecule has 0 aliphatic carbocycles. The molecule has 1 fully saturated rings. The van der Waals surface area contributed by atoms with Crippen LogP contribution in [0.3, 0.4) is 0 Å². The van der Waals surface area contributed by atoms with Gasteiger partial charge in [0.15, 0.2) is 0 Å². The van der Waals surface area contributed by atoms with E-state index in [1.54, 1.807) is 11.0 Å². The number of piperidine rings is 1. The zero-order chi connectivity index (χ0) is 16.9. The van der Waals surface area contributed by atoms with Gasteiger partial charge in [-0.3, -0.25) is 4.79 Å². The number of nitrogens with zero attached hydrogens (tertiary/aromatic N) is 1. The number of carbonyl (C=O) groups excluding carboxylic acids is 1. The maximum Gasteiger partial charge on any atom is 0.416 e. The fourth-order valence-corrected chi connectivity index (χ4v) is 3.16. The minimum atomic E-state index is -4.33. The number of rotatable bonds is 5. The first-order valence-electron chi connectivity index (χ1n) is 7.95. The number of hydrogen-bond donors (Lipinski definition) is 1. The maximum atomic E-state index is 13.0. The first-order valence-corrected chi connectivity index (χ1v) is 7.95. The van der Waals surface area contributed by atoms with E-state index in [9.17, 15) is 18.0 Å². The number of aliphatic hydroxyl groups is 1. The monoisotopic (exact) mass is 329 g/mol. The highest BCUT2D eigenvalue weighted by atomic mass is 19.4. The number of alkyl halides is 3. The molecule has 1 N–H and O–H groups in total. The van der Waals surface area contributed by atoms with Gasteiger partial charge in [0.2, 0.25) is 5.91 Å². The molecule has 1 aromatic carbocycles. The molecule has 1 aromatic rings. The van der Waals surface area contributed by atoms with Crippen LogP contribution in [0.15, 0.2) is 24.3 Å². The lowest BCUT2D eigenvalue weighted by Crippen LogP contribution is -2.40. The van der Waals surface area contributed by atoms with Crippen molar-refractivity contribution in [1.29, 1.82) is 0 Å². The van der Waals surface area contributed by atoms with E-state index in [1.165, 1.54) is 12.1 Å². The highest BCUT2D eigenvalue weighted by molar-refractivity contribution is 5.76. The highest BCUT2D eigenvalue weighted by Crippen LogP contribution is 2.33. The molecule has 23 heavy (non-hydrogen) atoms. The fraction of sp³-hybridized carbons (Fsp3) is 0.588. The third-order valence-corrected chi connectivity index (χ3v) is 4.34. The number of hydrogen-bond acceptors (Lipinski definition) is 2. The molecule has 3 nitrogen and oxygen atoms in total. The molecule has 1 aliphatic heterocycles. The van der Waals surface area contributed by atoms with Gasteiger partial charge in [0.25, 0.3) is 0 Å². The van der Waals surface area contributed by atoms with Gasteiger partial charge in [0, 0.05) is 19.5 Å². The summed E-state index contributed by atoms with van der Waals surface area (Å²) in [4.78, 5) is 13.5. The zero-order valence-corrected chi connectivity index (χ0v) is 13.0. The van der Waals surface area contributed by atoms with Crippen LogP contribution in [0.25, 0.3) is 0 Å². The molecule has 0 radical (unpaired) electrons. The average molecular weight is 329 g/mol. The Balaban J connectivity index is 1.95. The van der Waals surface area contributed by atoms with Gasteiger partial charge in [-0.2, -0.15) is 13.2 Å². The van der Waals surface area contributed by atoms with Crippen LogP contribution in [0, 0.1) is 5.92 Å². The van der Waals surface area contributed by atoms with Crippen LogP contribution in [0.4, 0.5) is 13.2 Å². The summed E-state index contributed by atoms with van der Waals surface area (Å²) in [5.41, 5.74) is -0.247. The Hall–Kier alpha value is -1.56. The molecule has 1 atom stereocenters. The Bertz CT molecular complexity index is 531. The SMILES string of the molecule is O=C(CCO)N1CCC[C@@H](CCc2ccccc2C(F)(F)F)C1. The number of halogens is 3. The van der Waals surface area contributed by atoms with Crippen molar-refractivity contribution in [2.75, 3.05) is 19.7 Å². The van der Waals surface area contributed by atoms with Crippen molar-refractivity contribution in [2.45, 2.75) is 38.3 Å². The van der Waals surface area contributed by atoms with Crippen LogP contribution >= 0.6 is 0 Å². The smallest absolute Gasteiger partial charge is 0.396 e. The second-order valence-corrected chi connectivity index (χ2v) is 6.02. The average Bonchev–Trinajstić information content (AvgIpc) is 2.53. The molecular formula is C17H22F3NO2. The molecule has 0 unspecified atom stereocenters. The van der Waals surface area contributed by atoms with Crippen molar-refractivity contribution in [2.24, 2.45) is 5.92 Å². The van der Waals surface area contributed by atoms with Crippen molar-refractivity contribution in [3.63, 3.8) is 0 Å². The van der Waals surface area contributed by atoms with Gasteiger partial charge < -0.3 is 10.0 Å². The van der Waals surface area contributed by atoms with Crippen molar-refractivity contribution in [3.05, 3.63) is 35.4 Å². The molecule has 2 rings (SSSR count). The number of amides is 1. The summed E-state index contributed by atoms with van der Waals surface area (Å²) < 4.78 is 39.0. The summed E-state index contributed by atoms with van der Waals surface area (Å²) in [5.74, 6) is 0.139. The molecule has 0 saturated carbocycles. The minimum Gasteiger partial charge on any atom is -0.396 e. The Morgan fingerprint density at radius 2 is 2.04 bits per heavy atom. The first kappa shape index (κ1) is 17.8. The molecule has 1 amide bonds. The molecule has 0 aromatic heterocycles. The molecule has 1 saturated heterocycles. The topological polar surface area (TPSA) is 40.5 Å². The lowest BCUT2D eigenvalue weighted by atomic mass is 9.90. The molecule has 0 bridgehead atoms. The number of aliphatic hydroxyl groups excluding tert-OH is 1. The maximum absolute atomic E-state index is 13.0. The van der Waals surface area contributed by atoms with Crippen molar-refractivity contribution in [3.8, 4) is 0 Å². The van der Waals surface area contributed by atoms with E-state index in [2.05, 4.69) is 0 Å². The van der Waals surface area contributed by atoms with E-state index in [4.69, 9.17) is 5.11 Å². The number of likely N-dealkylation sites (tertiary alicyclic amines) is 1. The second-order valence-electron chi connectivity index (χ2n) is 6.02. The molecule has 128 valence electrons. The number of carbonyl (C=O) groups is 1. The van der Waals surface area contributed by atoms with Crippen molar-refractivity contribution >= 4 is 5.91 Å². The zero-order valence-electron chi connectivity index (χ0n) is 13.0. The standard InChI is InChI=1S/C17H22F3NO2/c18-17(19,20)15-6-2-1-5-14(15)8-7-13-4-3-10-21(12-13)16(23)9-11-22/h1-2,5-6,13,22H,3-4,7-12H2/t13-/m0/s1. The summed E-state index contributed by atoms with van der Waals surface area (Å²) in [6, 6.07) is 5.68. The van der Waals surface area contributed by atoms with E-state index in [0.717, 1.165) is 18.9 Å². The molecule has 1 aliphatic rings. The number of aryl methyl sites for hydroxylation is 1. The van der Waals surface area contributed by atoms with Crippen LogP contribution in [0.5, 0.6) is 0 Å². The Morgan fingerprint density at radius 3 is 2.74 bits per heavy atom. The van der Waals surface area contributed by atoms with Gasteiger partial charge in [-0.05, 0) is 43.2 Å². The lowest BCUT2D eigenvalue weighted by Gasteiger charge is -2.33. The Labute approximate surface area is 134 Å². The Morgan fingerprint density at radius 1 is 1.30 bits per heavy atom. The van der Waals surface area contributed by atoms with Gasteiger partial charge in [-0.1, -0.05) is 18.2 Å². The van der Waals surface area contributed by atoms with Crippen LogP contribution in [-0.4, -0.2) is 35.6 Å². The molecule has 1 heterocycles. The van der Waals surface area contributed by atoms with Gasteiger partial charge >= 0.3 is 6.18 Å². The summed E-state index contributed by atoms with van der Waals surface area (Å²) in [6.45, 7) is 1.08. The minimum absolute atomic E-state index is 0.0760. The predicted octanol–water partition coefficient (Wildman–Crippen LogP) is 3.26. The number of benzene rings is 1. The quantitative estimate of drug-likeness (QED) is 0.901. The third kappa shape index (κ3) is 4.96. The summed E-state index contributed by atoms with van der Waals surface area (Å²) >= 11 is 0. The van der Waals surface area contributed by atoms with Crippen molar-refractivity contribution in [1.82, 2.24) is 4.90 Å². The van der Waals surface area contributed by atoms with Crippen LogP contribution < -0.4 is 0 Å². The molecule has 6 heteroatoms. The molecular weight excluding hydrogens is 307 g/mol. The highest BCUT2D eigenvalue weighted by Gasteiger charge is 2.33. The summed E-state index contributed by atoms with van der Waals surface area (Å²) in [7, 11) is 0.